The van der Waals surface area contributed by atoms with Crippen LogP contribution in [0.3, 0.4) is 0 Å². The third-order valence-electron chi connectivity index (χ3n) is 4.24. The van der Waals surface area contributed by atoms with Crippen LogP contribution in [0.5, 0.6) is 0 Å². The highest BCUT2D eigenvalue weighted by Crippen LogP contribution is 2.40. The maximum atomic E-state index is 11.4. The Morgan fingerprint density at radius 2 is 1.90 bits per heavy atom. The molecule has 2 heterocycles. The van der Waals surface area contributed by atoms with E-state index in [0.29, 0.717) is 11.7 Å². The fraction of sp³-hybridized carbons (Fsp3) is 0.643. The highest BCUT2D eigenvalue weighted by atomic mass is 16.2. The lowest BCUT2D eigenvalue weighted by Gasteiger charge is -2.35. The molecule has 1 saturated carbocycles. The minimum atomic E-state index is 0.136. The topological polar surface area (TPSA) is 87.4 Å². The second kappa shape index (κ2) is 5.48. The third kappa shape index (κ3) is 2.78. The van der Waals surface area contributed by atoms with Gasteiger partial charge in [0.15, 0.2) is 0 Å². The Kier molecular flexibility index (Phi) is 3.67. The Hall–Kier alpha value is -1.89. The molecule has 2 aliphatic rings. The Morgan fingerprint density at radius 3 is 2.43 bits per heavy atom. The highest BCUT2D eigenvalue weighted by Gasteiger charge is 2.30. The Morgan fingerprint density at radius 1 is 1.24 bits per heavy atom. The lowest BCUT2D eigenvalue weighted by molar-refractivity contribution is -0.129. The molecule has 1 aromatic rings. The number of carbonyl (C=O) groups excluding carboxylic acids is 1. The molecule has 0 radical (unpaired) electrons. The van der Waals surface area contributed by atoms with Crippen molar-refractivity contribution in [2.75, 3.05) is 36.5 Å². The van der Waals surface area contributed by atoms with Gasteiger partial charge in [0.05, 0.1) is 0 Å². The predicted molar refractivity (Wildman–Crippen MR) is 81.0 cm³/mol. The molecule has 0 spiro atoms. The van der Waals surface area contributed by atoms with Crippen molar-refractivity contribution in [2.24, 2.45) is 5.84 Å². The lowest BCUT2D eigenvalue weighted by atomic mass is 10.2. The number of rotatable bonds is 3. The molecule has 7 nitrogen and oxygen atoms in total. The summed E-state index contributed by atoms with van der Waals surface area (Å²) < 4.78 is 0. The molecular weight excluding hydrogens is 268 g/mol. The van der Waals surface area contributed by atoms with Crippen molar-refractivity contribution < 1.29 is 4.79 Å². The van der Waals surface area contributed by atoms with Crippen LogP contribution in [0.4, 0.5) is 11.6 Å². The smallest absolute Gasteiger partial charge is 0.219 e. The normalized spacial score (nSPS) is 18.8. The second-order valence-corrected chi connectivity index (χ2v) is 5.79. The van der Waals surface area contributed by atoms with Gasteiger partial charge in [0.2, 0.25) is 5.91 Å². The summed E-state index contributed by atoms with van der Waals surface area (Å²) in [5.74, 6) is 8.74. The summed E-state index contributed by atoms with van der Waals surface area (Å²) >= 11 is 0. The van der Waals surface area contributed by atoms with Gasteiger partial charge in [-0.15, -0.1) is 0 Å². The van der Waals surface area contributed by atoms with Gasteiger partial charge in [-0.1, -0.05) is 0 Å². The van der Waals surface area contributed by atoms with Gasteiger partial charge < -0.3 is 15.2 Å². The van der Waals surface area contributed by atoms with E-state index in [2.05, 4.69) is 15.3 Å². The first-order valence-electron chi connectivity index (χ1n) is 7.45. The Labute approximate surface area is 124 Å². The van der Waals surface area contributed by atoms with Gasteiger partial charge in [-0.2, -0.15) is 0 Å². The number of piperazine rings is 1. The van der Waals surface area contributed by atoms with Gasteiger partial charge >= 0.3 is 0 Å². The number of nitrogens with zero attached hydrogens (tertiary/aromatic N) is 4. The molecule has 1 amide bonds. The van der Waals surface area contributed by atoms with E-state index in [1.165, 1.54) is 0 Å². The zero-order valence-corrected chi connectivity index (χ0v) is 12.6. The van der Waals surface area contributed by atoms with Crippen LogP contribution < -0.4 is 16.2 Å². The number of carbonyl (C=O) groups is 1. The number of aromatic nitrogens is 2. The van der Waals surface area contributed by atoms with E-state index in [9.17, 15) is 4.79 Å². The quantitative estimate of drug-likeness (QED) is 0.627. The van der Waals surface area contributed by atoms with Crippen LogP contribution in [-0.2, 0) is 4.79 Å². The van der Waals surface area contributed by atoms with Crippen molar-refractivity contribution in [3.8, 4) is 0 Å². The number of amides is 1. The molecule has 21 heavy (non-hydrogen) atoms. The summed E-state index contributed by atoms with van der Waals surface area (Å²) in [7, 11) is 0. The summed E-state index contributed by atoms with van der Waals surface area (Å²) in [6.07, 6.45) is 2.31. The molecule has 1 aliphatic heterocycles. The van der Waals surface area contributed by atoms with E-state index in [1.54, 1.807) is 6.92 Å². The van der Waals surface area contributed by atoms with Crippen LogP contribution in [-0.4, -0.2) is 47.0 Å². The average Bonchev–Trinajstić information content (AvgIpc) is 3.32. The summed E-state index contributed by atoms with van der Waals surface area (Å²) in [6, 6.07) is 0. The number of anilines is 2. The Balaban J connectivity index is 1.84. The van der Waals surface area contributed by atoms with Crippen molar-refractivity contribution in [1.82, 2.24) is 14.9 Å². The van der Waals surface area contributed by atoms with Crippen molar-refractivity contribution in [3.05, 3.63) is 11.4 Å². The SMILES string of the molecule is CC(=O)N1CCN(c2nc(C3CC3)nc(NN)c2C)CC1. The maximum Gasteiger partial charge on any atom is 0.219 e. The summed E-state index contributed by atoms with van der Waals surface area (Å²) in [5.41, 5.74) is 3.65. The highest BCUT2D eigenvalue weighted by molar-refractivity contribution is 5.73. The number of hydrogen-bond donors (Lipinski definition) is 2. The molecule has 1 aromatic heterocycles. The number of nitrogen functional groups attached to an aromatic ring is 1. The third-order valence-corrected chi connectivity index (χ3v) is 4.24. The van der Waals surface area contributed by atoms with E-state index in [4.69, 9.17) is 10.8 Å². The van der Waals surface area contributed by atoms with Gasteiger partial charge in [-0.3, -0.25) is 4.79 Å². The minimum absolute atomic E-state index is 0.136. The molecule has 0 atom stereocenters. The van der Waals surface area contributed by atoms with Crippen LogP contribution in [0.15, 0.2) is 0 Å². The van der Waals surface area contributed by atoms with E-state index >= 15 is 0 Å². The molecule has 3 N–H and O–H groups in total. The summed E-state index contributed by atoms with van der Waals surface area (Å²) in [5, 5.41) is 0. The van der Waals surface area contributed by atoms with Gasteiger partial charge in [-0.05, 0) is 19.8 Å². The standard InChI is InChI=1S/C14H22N6O/c1-9-12(18-15)16-13(11-3-4-11)17-14(9)20-7-5-19(6-8-20)10(2)21/h11H,3-8,15H2,1-2H3,(H,16,17,18). The molecular formula is C14H22N6O. The van der Waals surface area contributed by atoms with Crippen LogP contribution in [0.1, 0.15) is 37.1 Å². The van der Waals surface area contributed by atoms with Crippen molar-refractivity contribution in [3.63, 3.8) is 0 Å². The van der Waals surface area contributed by atoms with Crippen molar-refractivity contribution >= 4 is 17.5 Å². The number of hydrazine groups is 1. The largest absolute Gasteiger partial charge is 0.353 e. The van der Waals surface area contributed by atoms with Gasteiger partial charge in [0.25, 0.3) is 0 Å². The zero-order valence-electron chi connectivity index (χ0n) is 12.6. The zero-order chi connectivity index (χ0) is 15.0. The van der Waals surface area contributed by atoms with E-state index in [0.717, 1.165) is 56.2 Å². The number of hydrogen-bond acceptors (Lipinski definition) is 6. The molecule has 3 rings (SSSR count). The van der Waals surface area contributed by atoms with E-state index < -0.39 is 0 Å². The van der Waals surface area contributed by atoms with Crippen molar-refractivity contribution in [2.45, 2.75) is 32.6 Å². The molecule has 114 valence electrons. The van der Waals surface area contributed by atoms with Crippen LogP contribution in [0.25, 0.3) is 0 Å². The van der Waals surface area contributed by atoms with E-state index in [1.807, 2.05) is 11.8 Å². The molecule has 1 saturated heterocycles. The monoisotopic (exact) mass is 290 g/mol. The molecule has 1 aliphatic carbocycles. The second-order valence-electron chi connectivity index (χ2n) is 5.79. The van der Waals surface area contributed by atoms with Crippen LogP contribution in [0.2, 0.25) is 0 Å². The maximum absolute atomic E-state index is 11.4. The lowest BCUT2D eigenvalue weighted by Crippen LogP contribution is -2.48. The van der Waals surface area contributed by atoms with Crippen LogP contribution in [0, 0.1) is 6.92 Å². The molecule has 0 aromatic carbocycles. The van der Waals surface area contributed by atoms with Gasteiger partial charge in [0, 0.05) is 44.6 Å². The molecule has 0 unspecified atom stereocenters. The molecule has 7 heteroatoms. The fourth-order valence-electron chi connectivity index (χ4n) is 2.73. The minimum Gasteiger partial charge on any atom is -0.353 e. The van der Waals surface area contributed by atoms with Gasteiger partial charge in [-0.25, -0.2) is 15.8 Å². The average molecular weight is 290 g/mol. The van der Waals surface area contributed by atoms with Gasteiger partial charge in [0.1, 0.15) is 17.5 Å². The Bertz CT molecular complexity index is 549. The molecule has 0 bridgehead atoms. The van der Waals surface area contributed by atoms with Crippen molar-refractivity contribution in [1.29, 1.82) is 0 Å². The van der Waals surface area contributed by atoms with E-state index in [-0.39, 0.29) is 5.91 Å². The number of nitrogens with two attached hydrogens (primary N) is 1. The summed E-state index contributed by atoms with van der Waals surface area (Å²) in [6.45, 7) is 6.68. The van der Waals surface area contributed by atoms with Crippen LogP contribution >= 0.6 is 0 Å². The first-order valence-corrected chi connectivity index (χ1v) is 7.45. The predicted octanol–water partition coefficient (Wildman–Crippen LogP) is 0.617. The first kappa shape index (κ1) is 14.1. The first-order chi connectivity index (χ1) is 10.1. The molecule has 2 fully saturated rings. The summed E-state index contributed by atoms with van der Waals surface area (Å²) in [4.78, 5) is 24.8. The number of nitrogens with one attached hydrogen (secondary N) is 1. The fourth-order valence-corrected chi connectivity index (χ4v) is 2.73.